The summed E-state index contributed by atoms with van der Waals surface area (Å²) in [5, 5.41) is -0.329. The van der Waals surface area contributed by atoms with E-state index >= 15 is 19.2 Å². The quantitative estimate of drug-likeness (QED) is 0.0281. The van der Waals surface area contributed by atoms with E-state index in [1.165, 1.54) is 45.3 Å². The molecule has 0 fully saturated rings. The molecule has 4 aromatic heterocycles. The van der Waals surface area contributed by atoms with Crippen molar-refractivity contribution < 1.29 is 38.1 Å². The molecule has 0 amide bonds. The second-order valence-corrected chi connectivity index (χ2v) is 26.4. The van der Waals surface area contributed by atoms with Crippen molar-refractivity contribution in [3.8, 4) is 19.5 Å². The second kappa shape index (κ2) is 21.8. The van der Waals surface area contributed by atoms with Crippen LogP contribution >= 0.6 is 94.6 Å². The lowest BCUT2D eigenvalue weighted by Gasteiger charge is -2.27. The van der Waals surface area contributed by atoms with Gasteiger partial charge in [0, 0.05) is 53.6 Å². The molecule has 4 aliphatic rings. The maximum absolute atomic E-state index is 16.0. The Labute approximate surface area is 520 Å². The molecule has 410 valence electrons. The fourth-order valence-electron chi connectivity index (χ4n) is 11.6. The van der Waals surface area contributed by atoms with Crippen molar-refractivity contribution in [1.29, 1.82) is 0 Å². The van der Waals surface area contributed by atoms with E-state index in [9.17, 15) is 0 Å². The van der Waals surface area contributed by atoms with Gasteiger partial charge in [-0.25, -0.2) is 0 Å². The lowest BCUT2D eigenvalue weighted by molar-refractivity contribution is -0.166. The third-order valence-electron chi connectivity index (χ3n) is 15.6. The Morgan fingerprint density at radius 2 is 0.774 bits per heavy atom. The first-order valence-corrected chi connectivity index (χ1v) is 31.6. The summed E-state index contributed by atoms with van der Waals surface area (Å²) in [5.74, 6) is -3.41. The fourth-order valence-corrected chi connectivity index (χ4v) is 19.0. The molecule has 0 saturated heterocycles. The van der Waals surface area contributed by atoms with Crippen LogP contribution in [0.15, 0.2) is 193 Å². The number of esters is 4. The van der Waals surface area contributed by atoms with E-state index in [1.54, 1.807) is 0 Å². The number of benzene rings is 6. The number of carbonyl (C=O) groups excluding carboxylic acids is 4. The minimum atomic E-state index is -2.23. The number of fused-ring (bicyclic) bond motifs is 11. The number of thiocarbonyl (C=S) groups is 3. The minimum Gasteiger partial charge on any atom is -0.459 e. The molecule has 0 saturated carbocycles. The largest absolute Gasteiger partial charge is 0.459 e. The maximum Gasteiger partial charge on any atom is 0.333 e. The van der Waals surface area contributed by atoms with E-state index < -0.39 is 34.7 Å². The Morgan fingerprint density at radius 3 is 1.15 bits per heavy atom. The highest BCUT2D eigenvalue weighted by molar-refractivity contribution is 7.84. The predicted molar refractivity (Wildman–Crippen MR) is 349 cm³/mol. The molecule has 8 nitrogen and oxygen atoms in total. The van der Waals surface area contributed by atoms with E-state index in [4.69, 9.17) is 68.2 Å². The highest BCUT2D eigenvalue weighted by atomic mass is 32.1. The molecule has 0 aliphatic heterocycles. The molecule has 14 rings (SSSR count). The average Bonchev–Trinajstić information content (AvgIpc) is 1.52. The van der Waals surface area contributed by atoms with Gasteiger partial charge in [0.2, 0.25) is 10.8 Å². The Hall–Kier alpha value is -7.64. The number of thiophene rings is 4. The van der Waals surface area contributed by atoms with Crippen LogP contribution in [-0.4, -0.2) is 38.5 Å². The summed E-state index contributed by atoms with van der Waals surface area (Å²) in [4.78, 5) is 69.6. The first-order chi connectivity index (χ1) is 41.0. The molecule has 0 radical (unpaired) electrons. The lowest BCUT2D eigenvalue weighted by Crippen LogP contribution is -2.46. The molecule has 84 heavy (non-hydrogen) atoms. The van der Waals surface area contributed by atoms with Crippen LogP contribution in [0.5, 0.6) is 0 Å². The van der Waals surface area contributed by atoms with Crippen LogP contribution in [0.4, 0.5) is 0 Å². The molecule has 4 heterocycles. The molecule has 0 N–H and O–H groups in total. The topological polar surface area (TPSA) is 105 Å². The number of hydrogen-bond acceptors (Lipinski definition) is 16. The Bertz CT molecular complexity index is 4340. The van der Waals surface area contributed by atoms with Gasteiger partial charge in [-0.3, -0.25) is 19.2 Å². The van der Waals surface area contributed by atoms with Crippen LogP contribution in [0.1, 0.15) is 81.8 Å². The van der Waals surface area contributed by atoms with Crippen LogP contribution in [0.25, 0.3) is 41.1 Å². The Kier molecular flexibility index (Phi) is 14.1. The zero-order valence-electron chi connectivity index (χ0n) is 44.0. The molecule has 6 aromatic carbocycles. The number of ether oxygens (including phenoxy) is 4. The van der Waals surface area contributed by atoms with Crippen LogP contribution < -0.4 is 0 Å². The molecule has 1 atom stereocenters. The molecular weight excluding hydrogens is 1200 g/mol. The normalized spacial score (nSPS) is 16.0. The van der Waals surface area contributed by atoms with Gasteiger partial charge in [-0.15, -0.1) is 45.3 Å². The first-order valence-electron chi connectivity index (χ1n) is 26.6. The molecule has 4 aliphatic carbocycles. The number of carbonyl (C=O) groups is 4. The van der Waals surface area contributed by atoms with Crippen LogP contribution in [-0.2, 0) is 75.4 Å². The third kappa shape index (κ3) is 8.71. The standard InChI is InChI=1S/C68H42O8S8/c69-63(73-33-37-17-5-1-6-18-37)67(64(70)74-34-38-19-7-2-8-20-38)49-31-41(29-47-53(77)43-25-13-14-26-44(43)54(47)78)81-57(49)59-51(67)61-62(83-59)52-60(84-61)58-50(32-42(82-58)30-48-55(79)45-27-15-16-28-46(45)56(48)80)68(52,65(71)75-35-39-21-9-3-10-22-39)66(72)76-36-40-23-11-4-12-24-40/h1-32,53,77H,33-36H2. The average molecular weight is 1240 g/mol. The van der Waals surface area contributed by atoms with E-state index in [2.05, 4.69) is 0 Å². The van der Waals surface area contributed by atoms with E-state index in [0.717, 1.165) is 27.8 Å². The summed E-state index contributed by atoms with van der Waals surface area (Å²) >= 11 is 28.6. The summed E-state index contributed by atoms with van der Waals surface area (Å²) in [6.07, 6.45) is 3.90. The van der Waals surface area contributed by atoms with Crippen molar-refractivity contribution in [3.05, 3.63) is 270 Å². The zero-order valence-corrected chi connectivity index (χ0v) is 50.6. The fraction of sp³-hybridized carbons (Fsp3) is 0.103. The molecule has 10 aromatic rings. The van der Waals surface area contributed by atoms with Crippen LogP contribution in [0.3, 0.4) is 0 Å². The van der Waals surface area contributed by atoms with E-state index in [-0.39, 0.29) is 31.7 Å². The van der Waals surface area contributed by atoms with Gasteiger partial charge in [-0.05, 0) is 63.2 Å². The summed E-state index contributed by atoms with van der Waals surface area (Å²) in [5.41, 5.74) is 4.91. The van der Waals surface area contributed by atoms with Crippen molar-refractivity contribution in [2.24, 2.45) is 0 Å². The van der Waals surface area contributed by atoms with Crippen molar-refractivity contribution in [2.45, 2.75) is 42.5 Å². The summed E-state index contributed by atoms with van der Waals surface area (Å²) < 4.78 is 26.6. The van der Waals surface area contributed by atoms with Gasteiger partial charge >= 0.3 is 23.9 Å². The van der Waals surface area contributed by atoms with Gasteiger partial charge in [0.05, 0.1) is 43.9 Å². The third-order valence-corrected chi connectivity index (χ3v) is 22.5. The summed E-state index contributed by atoms with van der Waals surface area (Å²) in [6, 6.07) is 56.4. The van der Waals surface area contributed by atoms with Gasteiger partial charge in [-0.2, -0.15) is 12.6 Å². The van der Waals surface area contributed by atoms with E-state index in [1.807, 2.05) is 194 Å². The molecule has 1 unspecified atom stereocenters. The maximum atomic E-state index is 16.0. The summed E-state index contributed by atoms with van der Waals surface area (Å²) in [6.45, 7) is -0.619. The molecule has 16 heteroatoms. The SMILES string of the molecule is O=C(OCc1ccccc1)C1(C(=O)OCc2ccccc2)c2cc(C=C3C(=S)c4ccccc4C3=S)sc2-c2sc3c4c(sc3c21)-c1sc(C=C2C(=S)c3ccccc3C2S)cc1C4(C(=O)OCc1ccccc1)C(=O)OCc1ccccc1. The van der Waals surface area contributed by atoms with Crippen molar-refractivity contribution in [3.63, 3.8) is 0 Å². The number of allylic oxidation sites excluding steroid dienone is 1. The smallest absolute Gasteiger partial charge is 0.333 e. The van der Waals surface area contributed by atoms with Gasteiger partial charge in [0.15, 0.2) is 0 Å². The zero-order chi connectivity index (χ0) is 57.4. The lowest BCUT2D eigenvalue weighted by atomic mass is 9.77. The molecule has 0 bridgehead atoms. The van der Waals surface area contributed by atoms with Crippen molar-refractivity contribution >= 4 is 155 Å². The number of hydrogen-bond donors (Lipinski definition) is 1. The second-order valence-electron chi connectivity index (χ2n) is 20.5. The van der Waals surface area contributed by atoms with Gasteiger partial charge in [-0.1, -0.05) is 207 Å². The highest BCUT2D eigenvalue weighted by Crippen LogP contribution is 2.67. The summed E-state index contributed by atoms with van der Waals surface area (Å²) in [7, 11) is 0. The minimum absolute atomic E-state index is 0.153. The van der Waals surface area contributed by atoms with Crippen LogP contribution in [0, 0.1) is 0 Å². The van der Waals surface area contributed by atoms with Crippen molar-refractivity contribution in [2.75, 3.05) is 0 Å². The predicted octanol–water partition coefficient (Wildman–Crippen LogP) is 15.9. The first kappa shape index (κ1) is 54.3. The number of rotatable bonds is 14. The van der Waals surface area contributed by atoms with Crippen molar-refractivity contribution in [1.82, 2.24) is 0 Å². The number of thiol groups is 1. The molecular formula is C68H42O8S8. The Balaban J connectivity index is 1.01. The Morgan fingerprint density at radius 1 is 0.429 bits per heavy atom. The van der Waals surface area contributed by atoms with Gasteiger partial charge in [0.25, 0.3) is 0 Å². The van der Waals surface area contributed by atoms with Gasteiger partial charge < -0.3 is 18.9 Å². The van der Waals surface area contributed by atoms with Crippen LogP contribution in [0.2, 0.25) is 0 Å². The monoisotopic (exact) mass is 1240 g/mol. The molecule has 0 spiro atoms. The highest BCUT2D eigenvalue weighted by Gasteiger charge is 2.65. The van der Waals surface area contributed by atoms with Gasteiger partial charge in [0.1, 0.15) is 26.4 Å². The van der Waals surface area contributed by atoms with E-state index in [0.29, 0.717) is 103 Å².